The van der Waals surface area contributed by atoms with Crippen LogP contribution in [-0.4, -0.2) is 64.6 Å². The summed E-state index contributed by atoms with van der Waals surface area (Å²) in [6.45, 7) is 5.35. The van der Waals surface area contributed by atoms with Crippen molar-refractivity contribution < 1.29 is 29.4 Å². The van der Waals surface area contributed by atoms with Gasteiger partial charge in [-0.2, -0.15) is 0 Å². The van der Waals surface area contributed by atoms with Gasteiger partial charge in [0.15, 0.2) is 0 Å². The van der Waals surface area contributed by atoms with Crippen LogP contribution in [0, 0.1) is 5.92 Å². The van der Waals surface area contributed by atoms with E-state index in [1.807, 2.05) is 0 Å². The number of aliphatic carboxylic acids is 1. The van der Waals surface area contributed by atoms with Crippen LogP contribution in [0.15, 0.2) is 24.3 Å². The van der Waals surface area contributed by atoms with Crippen molar-refractivity contribution in [2.24, 2.45) is 17.4 Å². The number of rotatable bonds is 14. The summed E-state index contributed by atoms with van der Waals surface area (Å²) in [6, 6.07) is 1.98. The number of hydrogen-bond donors (Lipinski definition) is 7. The molecule has 1 aromatic rings. The topological polar surface area (TPSA) is 197 Å². The van der Waals surface area contributed by atoms with Gasteiger partial charge >= 0.3 is 5.97 Å². The number of carboxylic acids is 1. The molecule has 190 valence electrons. The molecule has 0 heterocycles. The summed E-state index contributed by atoms with van der Waals surface area (Å²) in [5.74, 6) is -3.28. The maximum atomic E-state index is 12.9. The first-order valence-electron chi connectivity index (χ1n) is 11.3. The van der Waals surface area contributed by atoms with Crippen LogP contribution < -0.4 is 27.4 Å². The molecule has 0 aromatic heterocycles. The van der Waals surface area contributed by atoms with Crippen LogP contribution in [0.5, 0.6) is 5.75 Å². The highest BCUT2D eigenvalue weighted by atomic mass is 16.4. The van der Waals surface area contributed by atoms with E-state index in [1.165, 1.54) is 19.1 Å². The van der Waals surface area contributed by atoms with Gasteiger partial charge in [0.25, 0.3) is 0 Å². The SMILES string of the molecule is CC(N)C(=O)NC(CCCCN)C(=O)NC(C(=O)NC(Cc1ccc(O)cc1)C(=O)O)C(C)C. The predicted octanol–water partition coefficient (Wildman–Crippen LogP) is -0.394. The molecule has 34 heavy (non-hydrogen) atoms. The Morgan fingerprint density at radius 2 is 1.47 bits per heavy atom. The van der Waals surface area contributed by atoms with Crippen molar-refractivity contribution in [2.45, 2.75) is 70.6 Å². The number of benzene rings is 1. The van der Waals surface area contributed by atoms with Crippen molar-refractivity contribution in [3.8, 4) is 5.75 Å². The number of carboxylic acid groups (broad SMARTS) is 1. The van der Waals surface area contributed by atoms with Crippen molar-refractivity contribution in [3.63, 3.8) is 0 Å². The monoisotopic (exact) mass is 479 g/mol. The fourth-order valence-corrected chi connectivity index (χ4v) is 3.18. The molecule has 0 radical (unpaired) electrons. The van der Waals surface area contributed by atoms with Crippen LogP contribution in [0.4, 0.5) is 0 Å². The van der Waals surface area contributed by atoms with E-state index >= 15 is 0 Å². The zero-order chi connectivity index (χ0) is 25.8. The number of phenolic OH excluding ortho intramolecular Hbond substituents is 1. The normalized spacial score (nSPS) is 14.5. The average Bonchev–Trinajstić information content (AvgIpc) is 2.77. The van der Waals surface area contributed by atoms with Crippen molar-refractivity contribution in [3.05, 3.63) is 29.8 Å². The molecule has 0 spiro atoms. The lowest BCUT2D eigenvalue weighted by atomic mass is 10.00. The minimum absolute atomic E-state index is 0.00766. The number of aromatic hydroxyl groups is 1. The third-order valence-electron chi connectivity index (χ3n) is 5.23. The first-order valence-corrected chi connectivity index (χ1v) is 11.3. The molecule has 0 aliphatic rings. The summed E-state index contributed by atoms with van der Waals surface area (Å²) in [5.41, 5.74) is 11.7. The zero-order valence-electron chi connectivity index (χ0n) is 19.9. The molecule has 4 atom stereocenters. The highest BCUT2D eigenvalue weighted by molar-refractivity contribution is 5.94. The Kier molecular flexibility index (Phi) is 12.0. The number of unbranched alkanes of at least 4 members (excludes halogenated alkanes) is 1. The molecule has 0 aliphatic heterocycles. The molecule has 0 bridgehead atoms. The molecule has 0 saturated carbocycles. The number of phenols is 1. The van der Waals surface area contributed by atoms with Gasteiger partial charge in [0.2, 0.25) is 17.7 Å². The van der Waals surface area contributed by atoms with Crippen molar-refractivity contribution in [1.29, 1.82) is 0 Å². The summed E-state index contributed by atoms with van der Waals surface area (Å²) < 4.78 is 0. The number of nitrogens with two attached hydrogens (primary N) is 2. The summed E-state index contributed by atoms with van der Waals surface area (Å²) >= 11 is 0. The number of carbonyl (C=O) groups is 4. The van der Waals surface area contributed by atoms with Crippen LogP contribution in [0.3, 0.4) is 0 Å². The van der Waals surface area contributed by atoms with E-state index in [-0.39, 0.29) is 18.1 Å². The summed E-state index contributed by atoms with van der Waals surface area (Å²) in [6.07, 6.45) is 1.54. The Labute approximate surface area is 199 Å². The summed E-state index contributed by atoms with van der Waals surface area (Å²) in [4.78, 5) is 49.7. The van der Waals surface area contributed by atoms with E-state index < -0.39 is 47.9 Å². The molecule has 3 amide bonds. The number of carbonyl (C=O) groups excluding carboxylic acids is 3. The highest BCUT2D eigenvalue weighted by Gasteiger charge is 2.31. The fraction of sp³-hybridized carbons (Fsp3) is 0.565. The molecule has 0 fully saturated rings. The molecule has 1 aromatic carbocycles. The second-order valence-corrected chi connectivity index (χ2v) is 8.63. The van der Waals surface area contributed by atoms with E-state index in [1.54, 1.807) is 26.0 Å². The molecular formula is C23H37N5O6. The minimum atomic E-state index is -1.24. The molecule has 1 rings (SSSR count). The van der Waals surface area contributed by atoms with Gasteiger partial charge in [-0.1, -0.05) is 26.0 Å². The average molecular weight is 480 g/mol. The second-order valence-electron chi connectivity index (χ2n) is 8.63. The quantitative estimate of drug-likeness (QED) is 0.175. The van der Waals surface area contributed by atoms with Crippen LogP contribution >= 0.6 is 0 Å². The van der Waals surface area contributed by atoms with E-state index in [9.17, 15) is 29.4 Å². The van der Waals surface area contributed by atoms with Crippen LogP contribution in [-0.2, 0) is 25.6 Å². The van der Waals surface area contributed by atoms with Gasteiger partial charge in [0.05, 0.1) is 6.04 Å². The van der Waals surface area contributed by atoms with Crippen molar-refractivity contribution in [1.82, 2.24) is 16.0 Å². The van der Waals surface area contributed by atoms with Gasteiger partial charge in [-0.05, 0) is 56.3 Å². The first kappa shape index (κ1) is 28.9. The second kappa shape index (κ2) is 14.2. The van der Waals surface area contributed by atoms with Crippen LogP contribution in [0.1, 0.15) is 45.6 Å². The van der Waals surface area contributed by atoms with E-state index in [4.69, 9.17) is 11.5 Å². The molecular weight excluding hydrogens is 442 g/mol. The lowest BCUT2D eigenvalue weighted by Gasteiger charge is -2.27. The minimum Gasteiger partial charge on any atom is -0.508 e. The van der Waals surface area contributed by atoms with Gasteiger partial charge in [-0.15, -0.1) is 0 Å². The van der Waals surface area contributed by atoms with Gasteiger partial charge in [0.1, 0.15) is 23.9 Å². The molecule has 11 heteroatoms. The maximum Gasteiger partial charge on any atom is 0.326 e. The molecule has 0 saturated heterocycles. The van der Waals surface area contributed by atoms with E-state index in [0.717, 1.165) is 0 Å². The lowest BCUT2D eigenvalue weighted by Crippen LogP contribution is -2.58. The third-order valence-corrected chi connectivity index (χ3v) is 5.23. The molecule has 9 N–H and O–H groups in total. The molecule has 0 aliphatic carbocycles. The number of hydrogen-bond acceptors (Lipinski definition) is 7. The molecule has 4 unspecified atom stereocenters. The van der Waals surface area contributed by atoms with Gasteiger partial charge in [-0.3, -0.25) is 14.4 Å². The number of amides is 3. The van der Waals surface area contributed by atoms with Crippen LogP contribution in [0.25, 0.3) is 0 Å². The molecule has 11 nitrogen and oxygen atoms in total. The lowest BCUT2D eigenvalue weighted by molar-refractivity contribution is -0.142. The van der Waals surface area contributed by atoms with E-state index in [2.05, 4.69) is 16.0 Å². The maximum absolute atomic E-state index is 12.9. The smallest absolute Gasteiger partial charge is 0.326 e. The Morgan fingerprint density at radius 3 is 1.97 bits per heavy atom. The van der Waals surface area contributed by atoms with E-state index in [0.29, 0.717) is 31.4 Å². The Hall–Kier alpha value is -3.18. The predicted molar refractivity (Wildman–Crippen MR) is 127 cm³/mol. The van der Waals surface area contributed by atoms with Crippen molar-refractivity contribution in [2.75, 3.05) is 6.54 Å². The Bertz CT molecular complexity index is 828. The Balaban J connectivity index is 2.93. The third kappa shape index (κ3) is 9.75. The summed E-state index contributed by atoms with van der Waals surface area (Å²) in [5, 5.41) is 26.7. The first-order chi connectivity index (χ1) is 16.0. The highest BCUT2D eigenvalue weighted by Crippen LogP contribution is 2.12. The number of nitrogens with one attached hydrogen (secondary N) is 3. The largest absolute Gasteiger partial charge is 0.508 e. The van der Waals surface area contributed by atoms with Gasteiger partial charge < -0.3 is 37.6 Å². The zero-order valence-corrected chi connectivity index (χ0v) is 19.9. The standard InChI is InChI=1S/C23H37N5O6/c1-13(2)19(28-21(31)17(6-4-5-11-24)26-20(30)14(3)25)22(32)27-18(23(33)34)12-15-7-9-16(29)10-8-15/h7-10,13-14,17-19,29H,4-6,11-12,24-25H2,1-3H3,(H,26,30)(H,27,32)(H,28,31)(H,33,34). The Morgan fingerprint density at radius 1 is 0.882 bits per heavy atom. The van der Waals surface area contributed by atoms with Crippen molar-refractivity contribution >= 4 is 23.7 Å². The summed E-state index contributed by atoms with van der Waals surface area (Å²) in [7, 11) is 0. The van der Waals surface area contributed by atoms with Crippen LogP contribution in [0.2, 0.25) is 0 Å². The fourth-order valence-electron chi connectivity index (χ4n) is 3.18. The van der Waals surface area contributed by atoms with Gasteiger partial charge in [0, 0.05) is 6.42 Å². The van der Waals surface area contributed by atoms with Gasteiger partial charge in [-0.25, -0.2) is 4.79 Å².